The van der Waals surface area contributed by atoms with E-state index >= 15 is 0 Å². The van der Waals surface area contributed by atoms with Crippen LogP contribution in [0.25, 0.3) is 0 Å². The molecule has 1 heterocycles. The van der Waals surface area contributed by atoms with Gasteiger partial charge in [-0.1, -0.05) is 81.6 Å². The molecule has 1 aromatic rings. The average Bonchev–Trinajstić information content (AvgIpc) is 3.17. The first kappa shape index (κ1) is 26.3. The van der Waals surface area contributed by atoms with E-state index in [0.29, 0.717) is 19.6 Å². The van der Waals surface area contributed by atoms with Gasteiger partial charge in [0.25, 0.3) is 0 Å². The Labute approximate surface area is 200 Å². The Morgan fingerprint density at radius 3 is 2.52 bits per heavy atom. The lowest BCUT2D eigenvalue weighted by molar-refractivity contribution is -0.137. The van der Waals surface area contributed by atoms with E-state index in [1.165, 1.54) is 6.34 Å². The fraction of sp³-hybridized carbons (Fsp3) is 0.429. The van der Waals surface area contributed by atoms with E-state index in [1.807, 2.05) is 60.4 Å². The molecule has 0 unspecified atom stereocenters. The van der Waals surface area contributed by atoms with E-state index in [0.717, 1.165) is 23.3 Å². The third-order valence-electron chi connectivity index (χ3n) is 7.13. The third-order valence-corrected chi connectivity index (χ3v) is 7.13. The Hall–Kier alpha value is -2.92. The maximum atomic E-state index is 13.4. The minimum Gasteiger partial charge on any atom is -0.335 e. The molecule has 1 atom stereocenters. The molecule has 1 aliphatic heterocycles. The number of amides is 1. The molecule has 1 aliphatic rings. The number of nitrogens with one attached hydrogen (secondary N) is 2. The van der Waals surface area contributed by atoms with Crippen LogP contribution in [0, 0.1) is 10.8 Å². The molecule has 0 aliphatic carbocycles. The summed E-state index contributed by atoms with van der Waals surface area (Å²) < 4.78 is 0. The molecule has 0 saturated carbocycles. The van der Waals surface area contributed by atoms with Gasteiger partial charge in [-0.05, 0) is 38.3 Å². The van der Waals surface area contributed by atoms with Gasteiger partial charge in [0.2, 0.25) is 5.91 Å². The van der Waals surface area contributed by atoms with Crippen LogP contribution in [0.2, 0.25) is 0 Å². The van der Waals surface area contributed by atoms with Crippen molar-refractivity contribution in [2.24, 2.45) is 5.41 Å². The van der Waals surface area contributed by atoms with Crippen LogP contribution in [0.5, 0.6) is 0 Å². The summed E-state index contributed by atoms with van der Waals surface area (Å²) in [7, 11) is 0. The Balaban J connectivity index is 2.05. The first-order chi connectivity index (χ1) is 15.6. The van der Waals surface area contributed by atoms with Gasteiger partial charge < -0.3 is 15.1 Å². The Morgan fingerprint density at radius 2 is 1.94 bits per heavy atom. The van der Waals surface area contributed by atoms with Crippen LogP contribution in [0.3, 0.4) is 0 Å². The van der Waals surface area contributed by atoms with E-state index in [1.54, 1.807) is 4.90 Å². The Morgan fingerprint density at radius 1 is 1.27 bits per heavy atom. The smallest absolute Gasteiger partial charge is 0.240 e. The molecule has 0 spiro atoms. The van der Waals surface area contributed by atoms with Crippen LogP contribution >= 0.6 is 0 Å². The molecule has 0 aromatic heterocycles. The quantitative estimate of drug-likeness (QED) is 0.259. The molecular formula is C28H40N4O. The molecule has 5 nitrogen and oxygen atoms in total. The lowest BCUT2D eigenvalue weighted by Crippen LogP contribution is -2.56. The van der Waals surface area contributed by atoms with Gasteiger partial charge in [-0.2, -0.15) is 0 Å². The predicted molar refractivity (Wildman–Crippen MR) is 139 cm³/mol. The van der Waals surface area contributed by atoms with Gasteiger partial charge in [-0.15, -0.1) is 0 Å². The van der Waals surface area contributed by atoms with Gasteiger partial charge >= 0.3 is 0 Å². The highest BCUT2D eigenvalue weighted by molar-refractivity contribution is 5.85. The topological polar surface area (TPSA) is 59.4 Å². The third kappa shape index (κ3) is 5.91. The van der Waals surface area contributed by atoms with Gasteiger partial charge in [0.1, 0.15) is 0 Å². The fourth-order valence-corrected chi connectivity index (χ4v) is 4.22. The molecule has 1 aromatic carbocycles. The Kier molecular flexibility index (Phi) is 9.00. The van der Waals surface area contributed by atoms with Crippen molar-refractivity contribution in [2.75, 3.05) is 13.1 Å². The van der Waals surface area contributed by atoms with Gasteiger partial charge in [0.15, 0.2) is 0 Å². The second-order valence-electron chi connectivity index (χ2n) is 9.56. The summed E-state index contributed by atoms with van der Waals surface area (Å²) in [6.45, 7) is 20.5. The van der Waals surface area contributed by atoms with Crippen molar-refractivity contribution in [3.63, 3.8) is 0 Å². The number of rotatable bonds is 12. The van der Waals surface area contributed by atoms with Crippen LogP contribution in [0.15, 0.2) is 79.1 Å². The zero-order valence-electron chi connectivity index (χ0n) is 20.9. The number of hydrogen-bond acceptors (Lipinski definition) is 3. The monoisotopic (exact) mass is 448 g/mol. The van der Waals surface area contributed by atoms with Crippen molar-refractivity contribution in [1.82, 2.24) is 15.1 Å². The lowest BCUT2D eigenvalue weighted by Gasteiger charge is -2.49. The molecule has 178 valence electrons. The maximum Gasteiger partial charge on any atom is 0.240 e. The van der Waals surface area contributed by atoms with Crippen molar-refractivity contribution >= 4 is 12.2 Å². The number of benzene rings is 1. The first-order valence-electron chi connectivity index (χ1n) is 11.6. The summed E-state index contributed by atoms with van der Waals surface area (Å²) in [5, 5.41) is 11.2. The fourth-order valence-electron chi connectivity index (χ4n) is 4.22. The number of nitrogens with zero attached hydrogens (tertiary/aromatic N) is 2. The average molecular weight is 449 g/mol. The molecule has 2 N–H and O–H groups in total. The molecular weight excluding hydrogens is 408 g/mol. The van der Waals surface area contributed by atoms with Crippen molar-refractivity contribution < 1.29 is 4.79 Å². The predicted octanol–water partition coefficient (Wildman–Crippen LogP) is 5.29. The molecule has 2 rings (SSSR count). The molecule has 0 radical (unpaired) electrons. The zero-order valence-corrected chi connectivity index (χ0v) is 20.9. The van der Waals surface area contributed by atoms with Crippen molar-refractivity contribution in [3.8, 4) is 0 Å². The van der Waals surface area contributed by atoms with Crippen LogP contribution < -0.4 is 5.32 Å². The second kappa shape index (κ2) is 11.3. The SMILES string of the molecule is C=C/C(=C\C=C/C)C(C)(C)C(C)(C)N1CC[C@H](NCC(=C)N(C=N)Cc2ccccc2)C1=O. The van der Waals surface area contributed by atoms with Crippen molar-refractivity contribution in [2.45, 2.75) is 59.2 Å². The van der Waals surface area contributed by atoms with E-state index < -0.39 is 5.54 Å². The highest BCUT2D eigenvalue weighted by Gasteiger charge is 2.48. The summed E-state index contributed by atoms with van der Waals surface area (Å²) in [5.41, 5.74) is 2.30. The van der Waals surface area contributed by atoms with E-state index in [4.69, 9.17) is 5.41 Å². The normalized spacial score (nSPS) is 17.5. The summed E-state index contributed by atoms with van der Waals surface area (Å²) >= 11 is 0. The summed E-state index contributed by atoms with van der Waals surface area (Å²) in [6, 6.07) is 9.75. The second-order valence-corrected chi connectivity index (χ2v) is 9.56. The molecule has 1 amide bonds. The number of allylic oxidation sites excluding steroid dienone is 4. The van der Waals surface area contributed by atoms with Crippen LogP contribution in [-0.4, -0.2) is 46.7 Å². The van der Waals surface area contributed by atoms with E-state index in [2.05, 4.69) is 52.2 Å². The highest BCUT2D eigenvalue weighted by Crippen LogP contribution is 2.44. The van der Waals surface area contributed by atoms with E-state index in [-0.39, 0.29) is 17.4 Å². The minimum absolute atomic E-state index is 0.111. The molecule has 1 saturated heterocycles. The van der Waals surface area contributed by atoms with Gasteiger partial charge in [0, 0.05) is 36.3 Å². The van der Waals surface area contributed by atoms with Gasteiger partial charge in [0.05, 0.1) is 12.4 Å². The van der Waals surface area contributed by atoms with Gasteiger partial charge in [-0.25, -0.2) is 0 Å². The van der Waals surface area contributed by atoms with Crippen molar-refractivity contribution in [1.29, 1.82) is 5.41 Å². The summed E-state index contributed by atoms with van der Waals surface area (Å²) in [4.78, 5) is 17.2. The summed E-state index contributed by atoms with van der Waals surface area (Å²) in [6.07, 6.45) is 10.0. The van der Waals surface area contributed by atoms with Crippen LogP contribution in [0.1, 0.15) is 46.6 Å². The standard InChI is InChI=1S/C28H40N4O/c1-8-10-16-24(9-2)27(4,5)28(6,7)32-18-17-25(26(32)33)30-19-22(3)31(21-29)20-23-14-12-11-13-15-23/h8-16,21,25,29-30H,2-3,17-20H2,1,4-7H3/b10-8-,24-16+,29-21?/t25-/m0/s1. The minimum atomic E-state index is -0.395. The Bertz CT molecular complexity index is 911. The number of hydrogen-bond donors (Lipinski definition) is 2. The largest absolute Gasteiger partial charge is 0.335 e. The maximum absolute atomic E-state index is 13.4. The van der Waals surface area contributed by atoms with Crippen molar-refractivity contribution in [3.05, 3.63) is 84.6 Å². The molecule has 0 bridgehead atoms. The van der Waals surface area contributed by atoms with E-state index in [9.17, 15) is 4.79 Å². The number of carbonyl (C=O) groups excluding carboxylic acids is 1. The zero-order chi connectivity index (χ0) is 24.6. The lowest BCUT2D eigenvalue weighted by atomic mass is 9.68. The summed E-state index contributed by atoms with van der Waals surface area (Å²) in [5.74, 6) is 0.111. The number of likely N-dealkylation sites (tertiary alicyclic amines) is 1. The molecule has 1 fully saturated rings. The highest BCUT2D eigenvalue weighted by atomic mass is 16.2. The number of carbonyl (C=O) groups is 1. The van der Waals surface area contributed by atoms with Gasteiger partial charge in [-0.3, -0.25) is 10.2 Å². The molecule has 33 heavy (non-hydrogen) atoms. The first-order valence-corrected chi connectivity index (χ1v) is 11.6. The van der Waals surface area contributed by atoms with Crippen LogP contribution in [0.4, 0.5) is 0 Å². The molecule has 5 heteroatoms. The van der Waals surface area contributed by atoms with Crippen LogP contribution in [-0.2, 0) is 11.3 Å².